The third kappa shape index (κ3) is 10.8. The highest BCUT2D eigenvalue weighted by atomic mass is 16.9. The Balaban J connectivity index is 0.000000148. The van der Waals surface area contributed by atoms with E-state index in [0.29, 0.717) is 0 Å². The van der Waals surface area contributed by atoms with Gasteiger partial charge < -0.3 is 10.5 Å². The molecule has 0 unspecified atom stereocenters. The van der Waals surface area contributed by atoms with Crippen molar-refractivity contribution >= 4 is 0 Å². The lowest BCUT2D eigenvalue weighted by atomic mass is 10.5. The molecule has 0 spiro atoms. The fourth-order valence-electron chi connectivity index (χ4n) is 0.417. The van der Waals surface area contributed by atoms with Crippen molar-refractivity contribution in [3.05, 3.63) is 22.4 Å². The Hall–Kier alpha value is -1.26. The Morgan fingerprint density at radius 3 is 2.44 bits per heavy atom. The summed E-state index contributed by atoms with van der Waals surface area (Å²) in [7, 11) is 0. The summed E-state index contributed by atoms with van der Waals surface area (Å²) in [5.74, 6) is 0. The molecule has 9 heavy (non-hydrogen) atoms. The number of nitrogens with zero attached hydrogens (tertiary/aromatic N) is 1. The van der Waals surface area contributed by atoms with Gasteiger partial charge in [0.25, 0.3) is 5.09 Å². The largest absolute Gasteiger partial charge is 0.391 e. The van der Waals surface area contributed by atoms with Crippen molar-refractivity contribution in [2.75, 3.05) is 6.54 Å². The first kappa shape index (κ1) is 7.74. The smallest absolute Gasteiger partial charge is 0.291 e. The van der Waals surface area contributed by atoms with Gasteiger partial charge in [0.15, 0.2) is 0 Å². The van der Waals surface area contributed by atoms with Gasteiger partial charge in [0.05, 0.1) is 0 Å². The van der Waals surface area contributed by atoms with Gasteiger partial charge >= 0.3 is 0 Å². The zero-order valence-corrected chi connectivity index (χ0v) is 4.78. The van der Waals surface area contributed by atoms with Crippen LogP contribution >= 0.6 is 0 Å². The van der Waals surface area contributed by atoms with Crippen molar-refractivity contribution in [3.8, 4) is 0 Å². The van der Waals surface area contributed by atoms with Crippen molar-refractivity contribution < 1.29 is 10.3 Å². The first-order valence-electron chi connectivity index (χ1n) is 2.45. The van der Waals surface area contributed by atoms with Crippen LogP contribution in [0.25, 0.3) is 0 Å². The van der Waals surface area contributed by atoms with E-state index < -0.39 is 5.09 Å². The molecule has 0 aromatic carbocycles. The van der Waals surface area contributed by atoms with E-state index in [1.54, 1.807) is 0 Å². The molecular formula is C4H8N2O3. The maximum absolute atomic E-state index is 8.36. The fourth-order valence-corrected chi connectivity index (χ4v) is 0.417. The molecule has 2 N–H and O–H groups in total. The Morgan fingerprint density at radius 2 is 2.33 bits per heavy atom. The van der Waals surface area contributed by atoms with Crippen LogP contribution in [0.3, 0.4) is 0 Å². The normalized spacial score (nSPS) is 13.3. The molecule has 0 atom stereocenters. The van der Waals surface area contributed by atoms with Crippen LogP contribution in [0.4, 0.5) is 0 Å². The van der Waals surface area contributed by atoms with Gasteiger partial charge in [-0.1, -0.05) is 6.08 Å². The van der Waals surface area contributed by atoms with Crippen molar-refractivity contribution in [2.24, 2.45) is 0 Å². The van der Waals surface area contributed by atoms with Crippen LogP contribution in [0.5, 0.6) is 0 Å². The van der Waals surface area contributed by atoms with E-state index >= 15 is 0 Å². The third-order valence-corrected chi connectivity index (χ3v) is 0.691. The molecule has 52 valence electrons. The quantitative estimate of drug-likeness (QED) is 0.363. The van der Waals surface area contributed by atoms with E-state index in [-0.39, 0.29) is 0 Å². The van der Waals surface area contributed by atoms with Gasteiger partial charge in [0.2, 0.25) is 0 Å². The molecule has 0 saturated carbocycles. The van der Waals surface area contributed by atoms with Crippen LogP contribution in [0.2, 0.25) is 0 Å². The highest BCUT2D eigenvalue weighted by Gasteiger charge is 1.81. The van der Waals surface area contributed by atoms with Gasteiger partial charge in [-0.05, 0) is 12.6 Å². The van der Waals surface area contributed by atoms with Crippen LogP contribution in [-0.2, 0) is 0 Å². The van der Waals surface area contributed by atoms with Crippen LogP contribution in [0.1, 0.15) is 6.42 Å². The second kappa shape index (κ2) is 4.89. The van der Waals surface area contributed by atoms with Crippen molar-refractivity contribution in [1.82, 2.24) is 5.32 Å². The first-order valence-corrected chi connectivity index (χ1v) is 2.45. The van der Waals surface area contributed by atoms with E-state index in [1.165, 1.54) is 6.42 Å². The highest BCUT2D eigenvalue weighted by molar-refractivity contribution is 4.86. The second-order valence-electron chi connectivity index (χ2n) is 1.38. The summed E-state index contributed by atoms with van der Waals surface area (Å²) in [6, 6.07) is 0. The number of hydrogen-bond donors (Lipinski definition) is 2. The molecule has 0 bridgehead atoms. The van der Waals surface area contributed by atoms with E-state index in [9.17, 15) is 0 Å². The molecule has 0 aromatic rings. The second-order valence-corrected chi connectivity index (χ2v) is 1.38. The molecular weight excluding hydrogens is 124 g/mol. The summed E-state index contributed by atoms with van der Waals surface area (Å²) < 4.78 is 0. The highest BCUT2D eigenvalue weighted by Crippen LogP contribution is 1.84. The van der Waals surface area contributed by atoms with Crippen LogP contribution in [-0.4, -0.2) is 16.8 Å². The fraction of sp³-hybridized carbons (Fsp3) is 0.500. The number of nitrogens with one attached hydrogen (secondary N) is 1. The summed E-state index contributed by atoms with van der Waals surface area (Å²) in [4.78, 5) is 8.36. The van der Waals surface area contributed by atoms with Gasteiger partial charge in [-0.25, -0.2) is 0 Å². The molecule has 1 rings (SSSR count). The Labute approximate surface area is 52.1 Å². The number of hydrogen-bond acceptors (Lipinski definition) is 3. The Morgan fingerprint density at radius 1 is 1.78 bits per heavy atom. The number of rotatable bonds is 0. The molecule has 1 aliphatic rings. The summed E-state index contributed by atoms with van der Waals surface area (Å²) in [6.45, 7) is 1.14. The minimum atomic E-state index is -1.50. The molecule has 0 fully saturated rings. The van der Waals surface area contributed by atoms with E-state index in [4.69, 9.17) is 15.3 Å². The Kier molecular flexibility index (Phi) is 4.20. The van der Waals surface area contributed by atoms with E-state index in [2.05, 4.69) is 11.4 Å². The maximum Gasteiger partial charge on any atom is 0.291 e. The van der Waals surface area contributed by atoms with E-state index in [0.717, 1.165) is 6.54 Å². The van der Waals surface area contributed by atoms with Gasteiger partial charge in [0.1, 0.15) is 0 Å². The van der Waals surface area contributed by atoms with Crippen molar-refractivity contribution in [2.45, 2.75) is 6.42 Å². The molecule has 1 heterocycles. The third-order valence-electron chi connectivity index (χ3n) is 0.691. The molecule has 0 aliphatic carbocycles. The van der Waals surface area contributed by atoms with E-state index in [1.807, 2.05) is 6.20 Å². The topological polar surface area (TPSA) is 75.4 Å². The zero-order chi connectivity index (χ0) is 7.11. The monoisotopic (exact) mass is 132 g/mol. The van der Waals surface area contributed by atoms with Crippen molar-refractivity contribution in [1.29, 1.82) is 0 Å². The summed E-state index contributed by atoms with van der Waals surface area (Å²) in [5.41, 5.74) is 0. The predicted molar refractivity (Wildman–Crippen MR) is 30.5 cm³/mol. The maximum atomic E-state index is 8.36. The molecule has 0 radical (unpaired) electrons. The summed E-state index contributed by atoms with van der Waals surface area (Å²) in [6.07, 6.45) is 5.32. The SMILES string of the molecule is C1=CNCC1.O=[N+]([O-])O. The minimum absolute atomic E-state index is 1.14. The average molecular weight is 132 g/mol. The van der Waals surface area contributed by atoms with Gasteiger partial charge in [-0.3, -0.25) is 0 Å². The molecule has 1 aliphatic heterocycles. The Bertz CT molecular complexity index is 102. The molecule has 0 amide bonds. The standard InChI is InChI=1S/C4H7N.HNO3/c1-2-4-5-3-1;2-1(3)4/h1,3,5H,2,4H2;(H,2,3,4). The molecule has 0 aromatic heterocycles. The zero-order valence-electron chi connectivity index (χ0n) is 4.78. The first-order chi connectivity index (χ1) is 4.23. The molecule has 5 heteroatoms. The van der Waals surface area contributed by atoms with Crippen LogP contribution < -0.4 is 5.32 Å². The molecule has 0 saturated heterocycles. The summed E-state index contributed by atoms with van der Waals surface area (Å²) in [5, 5.41) is 16.7. The lowest BCUT2D eigenvalue weighted by molar-refractivity contribution is -0.742. The van der Waals surface area contributed by atoms with Crippen LogP contribution in [0, 0.1) is 10.1 Å². The van der Waals surface area contributed by atoms with Gasteiger partial charge in [-0.2, -0.15) is 0 Å². The predicted octanol–water partition coefficient (Wildman–Crippen LogP) is 0.146. The average Bonchev–Trinajstić information content (AvgIpc) is 2.11. The molecule has 5 nitrogen and oxygen atoms in total. The van der Waals surface area contributed by atoms with Crippen LogP contribution in [0.15, 0.2) is 12.3 Å². The lowest BCUT2D eigenvalue weighted by Gasteiger charge is -1.78. The van der Waals surface area contributed by atoms with Gasteiger partial charge in [0, 0.05) is 6.54 Å². The lowest BCUT2D eigenvalue weighted by Crippen LogP contribution is -1.96. The summed E-state index contributed by atoms with van der Waals surface area (Å²) >= 11 is 0. The van der Waals surface area contributed by atoms with Crippen molar-refractivity contribution in [3.63, 3.8) is 0 Å². The minimum Gasteiger partial charge on any atom is -0.391 e. The van der Waals surface area contributed by atoms with Gasteiger partial charge in [-0.15, -0.1) is 10.1 Å².